The molecule has 2 aliphatic rings. The quantitative estimate of drug-likeness (QED) is 0.760. The SMILES string of the molecule is O=C(O)C1CCCN1CCCN1CCCC1. The summed E-state index contributed by atoms with van der Waals surface area (Å²) in [6.45, 7) is 5.54. The summed E-state index contributed by atoms with van der Waals surface area (Å²) in [5.41, 5.74) is 0. The van der Waals surface area contributed by atoms with Crippen LogP contribution in [0.3, 0.4) is 0 Å². The molecule has 0 aromatic heterocycles. The highest BCUT2D eigenvalue weighted by Gasteiger charge is 2.29. The van der Waals surface area contributed by atoms with E-state index in [1.807, 2.05) is 0 Å². The molecular weight excluding hydrogens is 204 g/mol. The average Bonchev–Trinajstić information content (AvgIpc) is 2.87. The van der Waals surface area contributed by atoms with Gasteiger partial charge in [0.15, 0.2) is 0 Å². The van der Waals surface area contributed by atoms with Crippen molar-refractivity contribution in [2.24, 2.45) is 0 Å². The molecule has 2 aliphatic heterocycles. The van der Waals surface area contributed by atoms with Gasteiger partial charge in [-0.05, 0) is 58.3 Å². The number of nitrogens with zero attached hydrogens (tertiary/aromatic N) is 2. The molecule has 2 fully saturated rings. The zero-order chi connectivity index (χ0) is 11.4. The first kappa shape index (κ1) is 11.9. The van der Waals surface area contributed by atoms with Gasteiger partial charge in [-0.15, -0.1) is 0 Å². The van der Waals surface area contributed by atoms with E-state index in [4.69, 9.17) is 5.11 Å². The fourth-order valence-electron chi connectivity index (χ4n) is 2.88. The summed E-state index contributed by atoms with van der Waals surface area (Å²) in [5, 5.41) is 9.04. The van der Waals surface area contributed by atoms with E-state index >= 15 is 0 Å². The Kier molecular flexibility index (Phi) is 4.18. The minimum Gasteiger partial charge on any atom is -0.480 e. The third-order valence-electron chi connectivity index (χ3n) is 3.77. The lowest BCUT2D eigenvalue weighted by Gasteiger charge is -2.22. The third-order valence-corrected chi connectivity index (χ3v) is 3.77. The molecule has 92 valence electrons. The Hall–Kier alpha value is -0.610. The Morgan fingerprint density at radius 2 is 1.88 bits per heavy atom. The van der Waals surface area contributed by atoms with Gasteiger partial charge in [-0.25, -0.2) is 0 Å². The van der Waals surface area contributed by atoms with Gasteiger partial charge in [0.05, 0.1) is 0 Å². The van der Waals surface area contributed by atoms with Gasteiger partial charge in [0.25, 0.3) is 0 Å². The fraction of sp³-hybridized carbons (Fsp3) is 0.917. The van der Waals surface area contributed by atoms with Gasteiger partial charge in [-0.1, -0.05) is 0 Å². The molecule has 0 aliphatic carbocycles. The molecule has 16 heavy (non-hydrogen) atoms. The van der Waals surface area contributed by atoms with Gasteiger partial charge in [-0.2, -0.15) is 0 Å². The molecular formula is C12H22N2O2. The first-order chi connectivity index (χ1) is 7.77. The Labute approximate surface area is 97.2 Å². The predicted molar refractivity (Wildman–Crippen MR) is 62.5 cm³/mol. The van der Waals surface area contributed by atoms with E-state index in [9.17, 15) is 4.79 Å². The van der Waals surface area contributed by atoms with Crippen molar-refractivity contribution in [3.8, 4) is 0 Å². The smallest absolute Gasteiger partial charge is 0.320 e. The van der Waals surface area contributed by atoms with Gasteiger partial charge in [0, 0.05) is 6.54 Å². The van der Waals surface area contributed by atoms with Gasteiger partial charge < -0.3 is 10.0 Å². The third kappa shape index (κ3) is 2.95. The zero-order valence-corrected chi connectivity index (χ0v) is 9.90. The van der Waals surface area contributed by atoms with Crippen LogP contribution < -0.4 is 0 Å². The van der Waals surface area contributed by atoms with Crippen molar-refractivity contribution < 1.29 is 9.90 Å². The van der Waals surface area contributed by atoms with E-state index in [0.29, 0.717) is 0 Å². The van der Waals surface area contributed by atoms with Crippen LogP contribution in [0.25, 0.3) is 0 Å². The molecule has 4 nitrogen and oxygen atoms in total. The fourth-order valence-corrected chi connectivity index (χ4v) is 2.88. The Morgan fingerprint density at radius 1 is 1.12 bits per heavy atom. The van der Waals surface area contributed by atoms with Crippen LogP contribution in [0, 0.1) is 0 Å². The number of hydrogen-bond donors (Lipinski definition) is 1. The summed E-state index contributed by atoms with van der Waals surface area (Å²) in [6.07, 6.45) is 5.66. The molecule has 0 aromatic rings. The second kappa shape index (κ2) is 5.64. The number of rotatable bonds is 5. The number of carboxylic acids is 1. The second-order valence-electron chi connectivity index (χ2n) is 4.93. The van der Waals surface area contributed by atoms with Crippen LogP contribution in [0.4, 0.5) is 0 Å². The molecule has 1 atom stereocenters. The highest BCUT2D eigenvalue weighted by Crippen LogP contribution is 2.17. The van der Waals surface area contributed by atoms with Gasteiger partial charge in [-0.3, -0.25) is 9.69 Å². The van der Waals surface area contributed by atoms with Crippen LogP contribution >= 0.6 is 0 Å². The lowest BCUT2D eigenvalue weighted by atomic mass is 10.2. The topological polar surface area (TPSA) is 43.8 Å². The van der Waals surface area contributed by atoms with Crippen LogP contribution in [0.2, 0.25) is 0 Å². The van der Waals surface area contributed by atoms with Crippen LogP contribution in [-0.4, -0.2) is 59.6 Å². The second-order valence-corrected chi connectivity index (χ2v) is 4.93. The number of hydrogen-bond acceptors (Lipinski definition) is 3. The highest BCUT2D eigenvalue weighted by molar-refractivity contribution is 5.73. The van der Waals surface area contributed by atoms with E-state index < -0.39 is 5.97 Å². The average molecular weight is 226 g/mol. The van der Waals surface area contributed by atoms with Crippen molar-refractivity contribution in [2.45, 2.75) is 38.1 Å². The minimum absolute atomic E-state index is 0.210. The van der Waals surface area contributed by atoms with Gasteiger partial charge in [0.1, 0.15) is 6.04 Å². The first-order valence-electron chi connectivity index (χ1n) is 6.46. The Morgan fingerprint density at radius 3 is 2.56 bits per heavy atom. The van der Waals surface area contributed by atoms with Gasteiger partial charge >= 0.3 is 5.97 Å². The Bertz CT molecular complexity index is 239. The normalized spacial score (nSPS) is 27.6. The summed E-state index contributed by atoms with van der Waals surface area (Å²) in [6, 6.07) is -0.210. The van der Waals surface area contributed by atoms with Crippen molar-refractivity contribution in [1.29, 1.82) is 0 Å². The minimum atomic E-state index is -0.640. The predicted octanol–water partition coefficient (Wildman–Crippen LogP) is 1.02. The van der Waals surface area contributed by atoms with Crippen LogP contribution in [-0.2, 0) is 4.79 Å². The standard InChI is InChI=1S/C12H22N2O2/c15-12(16)11-5-3-9-14(11)10-4-8-13-6-1-2-7-13/h11H,1-10H2,(H,15,16). The van der Waals surface area contributed by atoms with E-state index in [2.05, 4.69) is 9.80 Å². The van der Waals surface area contributed by atoms with Crippen LogP contribution in [0.15, 0.2) is 0 Å². The maximum Gasteiger partial charge on any atom is 0.320 e. The Balaban J connectivity index is 1.66. The maximum atomic E-state index is 11.0. The lowest BCUT2D eigenvalue weighted by molar-refractivity contribution is -0.142. The molecule has 0 radical (unpaired) electrons. The molecule has 0 amide bonds. The van der Waals surface area contributed by atoms with E-state index in [1.54, 1.807) is 0 Å². The summed E-state index contributed by atoms with van der Waals surface area (Å²) in [7, 11) is 0. The van der Waals surface area contributed by atoms with E-state index in [0.717, 1.165) is 38.9 Å². The van der Waals surface area contributed by atoms with Crippen molar-refractivity contribution in [2.75, 3.05) is 32.7 Å². The highest BCUT2D eigenvalue weighted by atomic mass is 16.4. The summed E-state index contributed by atoms with van der Waals surface area (Å²) < 4.78 is 0. The van der Waals surface area contributed by atoms with Crippen molar-refractivity contribution in [3.05, 3.63) is 0 Å². The van der Waals surface area contributed by atoms with Crippen molar-refractivity contribution in [1.82, 2.24) is 9.80 Å². The van der Waals surface area contributed by atoms with E-state index in [1.165, 1.54) is 25.9 Å². The number of likely N-dealkylation sites (tertiary alicyclic amines) is 2. The van der Waals surface area contributed by atoms with Crippen LogP contribution in [0.5, 0.6) is 0 Å². The van der Waals surface area contributed by atoms with Crippen molar-refractivity contribution in [3.63, 3.8) is 0 Å². The molecule has 1 N–H and O–H groups in total. The maximum absolute atomic E-state index is 11.0. The summed E-state index contributed by atoms with van der Waals surface area (Å²) in [5.74, 6) is -0.640. The largest absolute Gasteiger partial charge is 0.480 e. The monoisotopic (exact) mass is 226 g/mol. The van der Waals surface area contributed by atoms with Crippen LogP contribution in [0.1, 0.15) is 32.1 Å². The molecule has 1 unspecified atom stereocenters. The van der Waals surface area contributed by atoms with Crippen molar-refractivity contribution >= 4 is 5.97 Å². The number of carboxylic acid groups (broad SMARTS) is 1. The van der Waals surface area contributed by atoms with E-state index in [-0.39, 0.29) is 6.04 Å². The van der Waals surface area contributed by atoms with Gasteiger partial charge in [0.2, 0.25) is 0 Å². The molecule has 0 bridgehead atoms. The summed E-state index contributed by atoms with van der Waals surface area (Å²) in [4.78, 5) is 15.6. The molecule has 2 saturated heterocycles. The first-order valence-corrected chi connectivity index (χ1v) is 6.46. The molecule has 0 saturated carbocycles. The molecule has 2 rings (SSSR count). The molecule has 2 heterocycles. The number of carbonyl (C=O) groups is 1. The summed E-state index contributed by atoms with van der Waals surface area (Å²) >= 11 is 0. The molecule has 4 heteroatoms. The zero-order valence-electron chi connectivity index (χ0n) is 9.90. The molecule has 0 aromatic carbocycles. The lowest BCUT2D eigenvalue weighted by Crippen LogP contribution is -2.37. The molecule has 0 spiro atoms. The number of aliphatic carboxylic acids is 1.